The van der Waals surface area contributed by atoms with E-state index in [-0.39, 0.29) is 5.91 Å². The molecule has 1 aromatic carbocycles. The number of likely N-dealkylation sites (tertiary alicyclic amines) is 1. The van der Waals surface area contributed by atoms with E-state index >= 15 is 0 Å². The van der Waals surface area contributed by atoms with Gasteiger partial charge in [0.05, 0.1) is 10.6 Å². The maximum Gasteiger partial charge on any atom is 0.252 e. The molecule has 1 aliphatic heterocycles. The summed E-state index contributed by atoms with van der Waals surface area (Å²) in [4.78, 5) is 25.6. The normalized spacial score (nSPS) is 18.2. The molecule has 2 aliphatic rings. The summed E-state index contributed by atoms with van der Waals surface area (Å²) in [5, 5.41) is 7.56. The molecule has 0 bridgehead atoms. The van der Waals surface area contributed by atoms with Gasteiger partial charge in [-0.3, -0.25) is 4.79 Å². The standard InChI is InChI=1S/C27H35N5OS/c1-18-17-29-26(28-13-5-10-27(2)11-14-32(3)15-12-27)31-24(18)23-16-21-20(6-4-7-22(21)34-23)25(33)30-19-8-9-19/h4,6-7,16-17,19H,5,8-15H2,1-3H3,(H,30,33)(H,28,29,31). The van der Waals surface area contributed by atoms with Gasteiger partial charge in [0.1, 0.15) is 0 Å². The molecule has 1 aliphatic carbocycles. The number of nitrogens with one attached hydrogen (secondary N) is 2. The first-order chi connectivity index (χ1) is 16.4. The van der Waals surface area contributed by atoms with Crippen LogP contribution in [0.15, 0.2) is 30.5 Å². The zero-order valence-electron chi connectivity index (χ0n) is 20.5. The van der Waals surface area contributed by atoms with Crippen LogP contribution in [0, 0.1) is 12.3 Å². The number of carbonyl (C=O) groups is 1. The Balaban J connectivity index is 1.27. The highest BCUT2D eigenvalue weighted by Gasteiger charge is 2.28. The third-order valence-electron chi connectivity index (χ3n) is 7.36. The number of benzene rings is 1. The van der Waals surface area contributed by atoms with E-state index in [4.69, 9.17) is 4.98 Å². The molecule has 1 saturated carbocycles. The van der Waals surface area contributed by atoms with Crippen LogP contribution in [0.2, 0.25) is 0 Å². The molecule has 0 atom stereocenters. The summed E-state index contributed by atoms with van der Waals surface area (Å²) < 4.78 is 1.11. The molecular weight excluding hydrogens is 442 g/mol. The molecule has 3 heterocycles. The van der Waals surface area contributed by atoms with E-state index in [0.717, 1.165) is 57.6 Å². The van der Waals surface area contributed by atoms with Crippen molar-refractivity contribution in [3.63, 3.8) is 0 Å². The number of piperidine rings is 1. The maximum absolute atomic E-state index is 12.7. The van der Waals surface area contributed by atoms with Crippen molar-refractivity contribution in [1.29, 1.82) is 0 Å². The number of rotatable bonds is 8. The first-order valence-electron chi connectivity index (χ1n) is 12.5. The number of thiophene rings is 1. The minimum atomic E-state index is 0.0255. The maximum atomic E-state index is 12.7. The van der Waals surface area contributed by atoms with Crippen LogP contribution in [0.25, 0.3) is 20.7 Å². The lowest BCUT2D eigenvalue weighted by atomic mass is 9.77. The van der Waals surface area contributed by atoms with Gasteiger partial charge in [-0.1, -0.05) is 13.0 Å². The van der Waals surface area contributed by atoms with Gasteiger partial charge in [-0.2, -0.15) is 0 Å². The molecule has 5 rings (SSSR count). The lowest BCUT2D eigenvalue weighted by Gasteiger charge is -2.38. The molecule has 3 aromatic rings. The van der Waals surface area contributed by atoms with E-state index in [2.05, 4.69) is 46.6 Å². The van der Waals surface area contributed by atoms with Crippen molar-refractivity contribution in [3.05, 3.63) is 41.6 Å². The molecule has 7 heteroatoms. The van der Waals surface area contributed by atoms with Crippen molar-refractivity contribution >= 4 is 33.3 Å². The number of hydrogen-bond donors (Lipinski definition) is 2. The summed E-state index contributed by atoms with van der Waals surface area (Å²) in [6.45, 7) is 7.76. The Bertz CT molecular complexity index is 1180. The van der Waals surface area contributed by atoms with Crippen molar-refractivity contribution in [2.24, 2.45) is 5.41 Å². The van der Waals surface area contributed by atoms with Crippen LogP contribution >= 0.6 is 11.3 Å². The second kappa shape index (κ2) is 9.62. The molecule has 0 unspecified atom stereocenters. The van der Waals surface area contributed by atoms with Crippen molar-refractivity contribution in [2.75, 3.05) is 32.0 Å². The number of hydrogen-bond acceptors (Lipinski definition) is 6. The van der Waals surface area contributed by atoms with Gasteiger partial charge in [0.25, 0.3) is 5.91 Å². The average Bonchev–Trinajstić information content (AvgIpc) is 3.53. The van der Waals surface area contributed by atoms with Crippen LogP contribution in [0.5, 0.6) is 0 Å². The van der Waals surface area contributed by atoms with Crippen LogP contribution in [-0.2, 0) is 0 Å². The zero-order valence-corrected chi connectivity index (χ0v) is 21.3. The van der Waals surface area contributed by atoms with E-state index in [0.29, 0.717) is 17.4 Å². The number of carbonyl (C=O) groups excluding carboxylic acids is 1. The van der Waals surface area contributed by atoms with Gasteiger partial charge in [0.15, 0.2) is 0 Å². The lowest BCUT2D eigenvalue weighted by Crippen LogP contribution is -2.36. The van der Waals surface area contributed by atoms with Gasteiger partial charge >= 0.3 is 0 Å². The molecule has 1 amide bonds. The fraction of sp³-hybridized carbons (Fsp3) is 0.519. The minimum absolute atomic E-state index is 0.0255. The first-order valence-corrected chi connectivity index (χ1v) is 13.3. The number of amides is 1. The molecule has 6 nitrogen and oxygen atoms in total. The van der Waals surface area contributed by atoms with Gasteiger partial charge in [-0.25, -0.2) is 9.97 Å². The molecule has 0 spiro atoms. The molecule has 180 valence electrons. The Labute approximate surface area is 206 Å². The molecule has 0 radical (unpaired) electrons. The smallest absolute Gasteiger partial charge is 0.252 e. The summed E-state index contributed by atoms with van der Waals surface area (Å²) in [6.07, 6.45) is 8.98. The van der Waals surface area contributed by atoms with Crippen molar-refractivity contribution in [1.82, 2.24) is 20.2 Å². The van der Waals surface area contributed by atoms with Crippen LogP contribution in [0.4, 0.5) is 5.95 Å². The van der Waals surface area contributed by atoms with Gasteiger partial charge in [0, 0.05) is 34.4 Å². The van der Waals surface area contributed by atoms with Gasteiger partial charge in [-0.05, 0) is 94.8 Å². The Kier molecular flexibility index (Phi) is 6.58. The number of aromatic nitrogens is 2. The molecular formula is C27H35N5OS. The van der Waals surface area contributed by atoms with Gasteiger partial charge < -0.3 is 15.5 Å². The van der Waals surface area contributed by atoms with E-state index < -0.39 is 0 Å². The van der Waals surface area contributed by atoms with E-state index in [1.807, 2.05) is 25.3 Å². The minimum Gasteiger partial charge on any atom is -0.354 e. The largest absolute Gasteiger partial charge is 0.354 e. The predicted molar refractivity (Wildman–Crippen MR) is 141 cm³/mol. The fourth-order valence-electron chi connectivity index (χ4n) is 4.77. The van der Waals surface area contributed by atoms with Crippen molar-refractivity contribution < 1.29 is 4.79 Å². The summed E-state index contributed by atoms with van der Waals surface area (Å²) in [5.41, 5.74) is 3.18. The molecule has 34 heavy (non-hydrogen) atoms. The molecule has 2 fully saturated rings. The molecule has 1 saturated heterocycles. The quantitative estimate of drug-likeness (QED) is 0.420. The third kappa shape index (κ3) is 5.26. The zero-order chi connectivity index (χ0) is 23.7. The predicted octanol–water partition coefficient (Wildman–Crippen LogP) is 5.48. The van der Waals surface area contributed by atoms with Crippen LogP contribution in [0.3, 0.4) is 0 Å². The first kappa shape index (κ1) is 23.2. The van der Waals surface area contributed by atoms with Gasteiger partial charge in [0.2, 0.25) is 5.95 Å². The topological polar surface area (TPSA) is 70.2 Å². The summed E-state index contributed by atoms with van der Waals surface area (Å²) in [7, 11) is 2.22. The Morgan fingerprint density at radius 2 is 2.06 bits per heavy atom. The lowest BCUT2D eigenvalue weighted by molar-refractivity contribution is 0.0952. The van der Waals surface area contributed by atoms with Crippen LogP contribution < -0.4 is 10.6 Å². The highest BCUT2D eigenvalue weighted by Crippen LogP contribution is 2.37. The second-order valence-corrected chi connectivity index (χ2v) is 11.5. The summed E-state index contributed by atoms with van der Waals surface area (Å²) in [5.74, 6) is 0.704. The van der Waals surface area contributed by atoms with Gasteiger partial charge in [-0.15, -0.1) is 11.3 Å². The second-order valence-electron chi connectivity index (χ2n) is 10.4. The Morgan fingerprint density at radius 3 is 2.82 bits per heavy atom. The number of nitrogens with zero attached hydrogens (tertiary/aromatic N) is 3. The van der Waals surface area contributed by atoms with Crippen LogP contribution in [0.1, 0.15) is 61.4 Å². The Morgan fingerprint density at radius 1 is 1.26 bits per heavy atom. The number of fused-ring (bicyclic) bond motifs is 1. The SMILES string of the molecule is Cc1cnc(NCCCC2(C)CCN(C)CC2)nc1-c1cc2c(C(=O)NC3CC3)cccc2s1. The van der Waals surface area contributed by atoms with Crippen molar-refractivity contribution in [2.45, 2.75) is 58.4 Å². The third-order valence-corrected chi connectivity index (χ3v) is 8.47. The summed E-state index contributed by atoms with van der Waals surface area (Å²) in [6, 6.07) is 8.43. The monoisotopic (exact) mass is 477 g/mol. The van der Waals surface area contributed by atoms with Crippen LogP contribution in [-0.4, -0.2) is 53.5 Å². The van der Waals surface area contributed by atoms with E-state index in [1.54, 1.807) is 11.3 Å². The highest BCUT2D eigenvalue weighted by molar-refractivity contribution is 7.22. The average molecular weight is 478 g/mol. The molecule has 2 N–H and O–H groups in total. The van der Waals surface area contributed by atoms with Crippen molar-refractivity contribution in [3.8, 4) is 10.6 Å². The van der Waals surface area contributed by atoms with E-state index in [9.17, 15) is 4.79 Å². The summed E-state index contributed by atoms with van der Waals surface area (Å²) >= 11 is 1.68. The highest BCUT2D eigenvalue weighted by atomic mass is 32.1. The number of anilines is 1. The fourth-order valence-corrected chi connectivity index (χ4v) is 5.91. The van der Waals surface area contributed by atoms with E-state index in [1.165, 1.54) is 32.4 Å². The molecule has 2 aromatic heterocycles. The Hall–Kier alpha value is -2.51. The number of aryl methyl sites for hydroxylation is 1.